The van der Waals surface area contributed by atoms with Crippen LogP contribution < -0.4 is 16.0 Å². The molecule has 1 fully saturated rings. The molecule has 9 nitrogen and oxygen atoms in total. The van der Waals surface area contributed by atoms with Crippen LogP contribution >= 0.6 is 0 Å². The molecule has 2 heterocycles. The number of benzene rings is 2. The predicted octanol–water partition coefficient (Wildman–Crippen LogP) is 4.02. The Morgan fingerprint density at radius 2 is 1.71 bits per heavy atom. The summed E-state index contributed by atoms with van der Waals surface area (Å²) in [6, 6.07) is 16.9. The first-order valence-electron chi connectivity index (χ1n) is 11.6. The van der Waals surface area contributed by atoms with Crippen molar-refractivity contribution in [2.24, 2.45) is 0 Å². The molecule has 0 bridgehead atoms. The molecule has 0 aliphatic carbocycles. The number of aryl methyl sites for hydroxylation is 2. The summed E-state index contributed by atoms with van der Waals surface area (Å²) >= 11 is 0. The molecule has 1 aliphatic rings. The van der Waals surface area contributed by atoms with Crippen molar-refractivity contribution in [3.05, 3.63) is 66.1 Å². The lowest BCUT2D eigenvalue weighted by atomic mass is 9.97. The monoisotopic (exact) mass is 478 g/mol. The predicted molar refractivity (Wildman–Crippen MR) is 132 cm³/mol. The molecular formula is C26H30N4O5. The molecule has 2 aromatic carbocycles. The molecule has 3 amide bonds. The van der Waals surface area contributed by atoms with Crippen molar-refractivity contribution in [3.8, 4) is 11.1 Å². The van der Waals surface area contributed by atoms with E-state index in [1.807, 2.05) is 54.6 Å². The molecule has 4 rings (SSSR count). The molecule has 9 heteroatoms. The van der Waals surface area contributed by atoms with Gasteiger partial charge >= 0.3 is 6.03 Å². The largest absolute Gasteiger partial charge is 0.394 e. The van der Waals surface area contributed by atoms with Crippen LogP contribution in [0.25, 0.3) is 11.1 Å². The van der Waals surface area contributed by atoms with Gasteiger partial charge in [0.25, 0.3) is 0 Å². The summed E-state index contributed by atoms with van der Waals surface area (Å²) < 4.78 is 11.0. The zero-order chi connectivity index (χ0) is 24.8. The van der Waals surface area contributed by atoms with E-state index in [4.69, 9.17) is 9.26 Å². The first-order valence-corrected chi connectivity index (χ1v) is 11.6. The van der Waals surface area contributed by atoms with E-state index < -0.39 is 12.1 Å². The molecule has 0 radical (unpaired) electrons. The molecule has 3 aromatic rings. The molecule has 3 atom stereocenters. The maximum atomic E-state index is 12.6. The van der Waals surface area contributed by atoms with Gasteiger partial charge in [0.2, 0.25) is 5.91 Å². The summed E-state index contributed by atoms with van der Waals surface area (Å²) in [7, 11) is 0. The van der Waals surface area contributed by atoms with Gasteiger partial charge in [-0.1, -0.05) is 47.6 Å². The Balaban J connectivity index is 1.26. The molecule has 1 aromatic heterocycles. The number of aliphatic hydroxyl groups is 1. The van der Waals surface area contributed by atoms with Crippen LogP contribution in [0, 0.1) is 13.8 Å². The standard InChI is InChI=1S/C26H30N4O5/c1-16-25(17(2)35-30-16)29-26(33)28-22-13-12-21(34-23(22)15-31)14-24(32)27-20-10-8-19(9-11-20)18-6-4-3-5-7-18/h3-11,21-23,31H,12-15H2,1-2H3,(H,27,32)(H2,28,29,33)/t21-,22+,23+/m1/s1. The lowest BCUT2D eigenvalue weighted by Gasteiger charge is -2.35. The molecule has 1 saturated heterocycles. The lowest BCUT2D eigenvalue weighted by molar-refractivity contribution is -0.126. The van der Waals surface area contributed by atoms with E-state index in [0.29, 0.717) is 35.7 Å². The van der Waals surface area contributed by atoms with E-state index in [1.54, 1.807) is 13.8 Å². The van der Waals surface area contributed by atoms with Crippen LogP contribution in [0.3, 0.4) is 0 Å². The maximum Gasteiger partial charge on any atom is 0.319 e. The second-order valence-electron chi connectivity index (χ2n) is 8.66. The zero-order valence-corrected chi connectivity index (χ0v) is 19.8. The number of anilines is 2. The van der Waals surface area contributed by atoms with Gasteiger partial charge in [0.05, 0.1) is 25.2 Å². The van der Waals surface area contributed by atoms with E-state index in [9.17, 15) is 14.7 Å². The number of aromatic nitrogens is 1. The van der Waals surface area contributed by atoms with Gasteiger partial charge in [0.1, 0.15) is 17.5 Å². The number of ether oxygens (including phenoxy) is 1. The lowest BCUT2D eigenvalue weighted by Crippen LogP contribution is -2.52. The second kappa shape index (κ2) is 11.2. The molecule has 0 spiro atoms. The fourth-order valence-corrected chi connectivity index (χ4v) is 4.22. The molecular weight excluding hydrogens is 448 g/mol. The third kappa shape index (κ3) is 6.26. The Hall–Kier alpha value is -3.69. The number of carbonyl (C=O) groups excluding carboxylic acids is 2. The number of nitrogens with one attached hydrogen (secondary N) is 3. The smallest absolute Gasteiger partial charge is 0.319 e. The number of rotatable bonds is 7. The van der Waals surface area contributed by atoms with Crippen LogP contribution in [-0.4, -0.2) is 47.1 Å². The van der Waals surface area contributed by atoms with Crippen molar-refractivity contribution in [1.29, 1.82) is 0 Å². The van der Waals surface area contributed by atoms with Gasteiger partial charge in [-0.15, -0.1) is 0 Å². The van der Waals surface area contributed by atoms with Crippen LogP contribution in [0.1, 0.15) is 30.7 Å². The summed E-state index contributed by atoms with van der Waals surface area (Å²) in [5.41, 5.74) is 3.99. The molecule has 0 saturated carbocycles. The highest BCUT2D eigenvalue weighted by molar-refractivity contribution is 5.91. The quantitative estimate of drug-likeness (QED) is 0.406. The fourth-order valence-electron chi connectivity index (χ4n) is 4.22. The Morgan fingerprint density at radius 1 is 1.00 bits per heavy atom. The van der Waals surface area contributed by atoms with Gasteiger partial charge in [0.15, 0.2) is 5.76 Å². The highest BCUT2D eigenvalue weighted by atomic mass is 16.5. The average Bonchev–Trinajstić information content (AvgIpc) is 3.18. The summed E-state index contributed by atoms with van der Waals surface area (Å²) in [5.74, 6) is 0.346. The Labute approximate surface area is 203 Å². The van der Waals surface area contributed by atoms with Crippen LogP contribution in [0.5, 0.6) is 0 Å². The number of nitrogens with zero attached hydrogens (tertiary/aromatic N) is 1. The Morgan fingerprint density at radius 3 is 2.37 bits per heavy atom. The molecule has 35 heavy (non-hydrogen) atoms. The first-order chi connectivity index (χ1) is 16.9. The summed E-state index contributed by atoms with van der Waals surface area (Å²) in [6.07, 6.45) is 0.355. The van der Waals surface area contributed by atoms with Gasteiger partial charge < -0.3 is 30.3 Å². The number of hydrogen-bond acceptors (Lipinski definition) is 6. The van der Waals surface area contributed by atoms with E-state index in [0.717, 1.165) is 11.1 Å². The first kappa shape index (κ1) is 24.4. The minimum Gasteiger partial charge on any atom is -0.394 e. The van der Waals surface area contributed by atoms with Gasteiger partial charge in [-0.25, -0.2) is 4.79 Å². The molecule has 4 N–H and O–H groups in total. The number of amides is 3. The Kier molecular flexibility index (Phi) is 7.79. The highest BCUT2D eigenvalue weighted by Gasteiger charge is 2.33. The van der Waals surface area contributed by atoms with Crippen LogP contribution in [0.4, 0.5) is 16.2 Å². The summed E-state index contributed by atoms with van der Waals surface area (Å²) in [6.45, 7) is 3.18. The summed E-state index contributed by atoms with van der Waals surface area (Å²) in [5, 5.41) is 22.1. The van der Waals surface area contributed by atoms with Crippen molar-refractivity contribution in [1.82, 2.24) is 10.5 Å². The molecule has 184 valence electrons. The van der Waals surface area contributed by atoms with Crippen LogP contribution in [-0.2, 0) is 9.53 Å². The molecule has 1 aliphatic heterocycles. The van der Waals surface area contributed by atoms with Gasteiger partial charge in [-0.2, -0.15) is 0 Å². The fraction of sp³-hybridized carbons (Fsp3) is 0.346. The van der Waals surface area contributed by atoms with Crippen molar-refractivity contribution >= 4 is 23.3 Å². The normalized spacial score (nSPS) is 19.7. The number of urea groups is 1. The van der Waals surface area contributed by atoms with Crippen LogP contribution in [0.15, 0.2) is 59.1 Å². The van der Waals surface area contributed by atoms with E-state index >= 15 is 0 Å². The highest BCUT2D eigenvalue weighted by Crippen LogP contribution is 2.25. The number of hydrogen-bond donors (Lipinski definition) is 4. The Bertz CT molecular complexity index is 1130. The molecule has 0 unspecified atom stereocenters. The zero-order valence-electron chi connectivity index (χ0n) is 19.8. The van der Waals surface area contributed by atoms with Crippen molar-refractivity contribution in [2.75, 3.05) is 17.2 Å². The van der Waals surface area contributed by atoms with Gasteiger partial charge in [0, 0.05) is 5.69 Å². The number of aliphatic hydroxyl groups excluding tert-OH is 1. The van der Waals surface area contributed by atoms with Crippen molar-refractivity contribution in [3.63, 3.8) is 0 Å². The van der Waals surface area contributed by atoms with E-state index in [2.05, 4.69) is 21.1 Å². The van der Waals surface area contributed by atoms with Crippen molar-refractivity contribution < 1.29 is 24.0 Å². The summed E-state index contributed by atoms with van der Waals surface area (Å²) in [4.78, 5) is 25.0. The third-order valence-corrected chi connectivity index (χ3v) is 6.07. The topological polar surface area (TPSA) is 126 Å². The average molecular weight is 479 g/mol. The SMILES string of the molecule is Cc1noc(C)c1NC(=O)N[C@H]1CC[C@H](CC(=O)Nc2ccc(-c3ccccc3)cc2)O[C@H]1CO. The second-order valence-corrected chi connectivity index (χ2v) is 8.66. The van der Waals surface area contributed by atoms with E-state index in [1.165, 1.54) is 0 Å². The van der Waals surface area contributed by atoms with Crippen molar-refractivity contribution in [2.45, 2.75) is 51.4 Å². The van der Waals surface area contributed by atoms with Gasteiger partial charge in [-0.3, -0.25) is 4.79 Å². The van der Waals surface area contributed by atoms with Crippen LogP contribution in [0.2, 0.25) is 0 Å². The third-order valence-electron chi connectivity index (χ3n) is 6.07. The maximum absolute atomic E-state index is 12.6. The van der Waals surface area contributed by atoms with Gasteiger partial charge in [-0.05, 0) is 49.9 Å². The number of carbonyl (C=O) groups is 2. The minimum atomic E-state index is -0.609. The minimum absolute atomic E-state index is 0.162. The van der Waals surface area contributed by atoms with E-state index in [-0.39, 0.29) is 31.1 Å².